The third kappa shape index (κ3) is 27.3. The fraction of sp³-hybridized carbons (Fsp3) is 1.00. The molecule has 0 aromatic heterocycles. The van der Waals surface area contributed by atoms with Crippen molar-refractivity contribution >= 4 is 0 Å². The number of aliphatic hydroxyl groups is 1. The summed E-state index contributed by atoms with van der Waals surface area (Å²) in [5.74, 6) is 7.80. The van der Waals surface area contributed by atoms with Gasteiger partial charge in [-0.05, 0) is 83.9 Å². The zero-order valence-electron chi connectivity index (χ0n) is 26.5. The Morgan fingerprint density at radius 3 is 0.757 bits per heavy atom. The minimum Gasteiger partial charge on any atom is -0.396 e. The van der Waals surface area contributed by atoms with Gasteiger partial charge in [-0.1, -0.05) is 147 Å². The summed E-state index contributed by atoms with van der Waals surface area (Å²) in [4.78, 5) is 0. The molecule has 1 aliphatic carbocycles. The van der Waals surface area contributed by atoms with Crippen LogP contribution in [0.25, 0.3) is 0 Å². The molecule has 1 rings (SSSR count). The standard InChI is InChI=1S/C9H18.C8H18O.C8H18.C7H16.4CH4/c1-7(2)9(5-6-9)8(3)4;1-6(2)8(5-9)7(3)4;1-6(2)8(5)7(3)4;1-6(2)5-7(3)4;;;;/h7-8H,5-6H2,1-4H3;6-9H,5H2,1-4H3;6-8H,1-5H3;6-7H,5H2,1-4H3;4*1H4. The summed E-state index contributed by atoms with van der Waals surface area (Å²) in [6.07, 6.45) is 4.31. The molecule has 0 saturated heterocycles. The molecule has 0 spiro atoms. The first-order chi connectivity index (χ1) is 14.9. The van der Waals surface area contributed by atoms with E-state index >= 15 is 0 Å². The summed E-state index contributed by atoms with van der Waals surface area (Å²) < 4.78 is 0. The first kappa shape index (κ1) is 53.2. The van der Waals surface area contributed by atoms with Gasteiger partial charge in [-0.3, -0.25) is 0 Å². The normalized spacial score (nSPS) is 13.3. The van der Waals surface area contributed by atoms with E-state index in [4.69, 9.17) is 5.11 Å². The summed E-state index contributed by atoms with van der Waals surface area (Å²) in [5.41, 5.74) is 0.750. The zero-order chi connectivity index (χ0) is 27.1. The Morgan fingerprint density at radius 2 is 0.757 bits per heavy atom. The SMILES string of the molecule is C.C.C.C.CC(C)C(C)C(C)C.CC(C)C(CO)C(C)C.CC(C)C1(C(C)C)CC1.CC(C)CC(C)C. The fourth-order valence-electron chi connectivity index (χ4n) is 4.87. The van der Waals surface area contributed by atoms with Gasteiger partial charge in [-0.2, -0.15) is 0 Å². The molecule has 1 N–H and O–H groups in total. The lowest BCUT2D eigenvalue weighted by atomic mass is 9.82. The van der Waals surface area contributed by atoms with Gasteiger partial charge in [-0.25, -0.2) is 0 Å². The van der Waals surface area contributed by atoms with E-state index in [1.54, 1.807) is 0 Å². The number of aliphatic hydroxyl groups excluding tert-OH is 1. The highest BCUT2D eigenvalue weighted by molar-refractivity contribution is 4.97. The first-order valence-electron chi connectivity index (χ1n) is 14.5. The van der Waals surface area contributed by atoms with Crippen molar-refractivity contribution in [1.29, 1.82) is 0 Å². The first-order valence-corrected chi connectivity index (χ1v) is 14.5. The predicted octanol–water partition coefficient (Wildman–Crippen LogP) is 13.2. The molecule has 1 saturated carbocycles. The van der Waals surface area contributed by atoms with Crippen LogP contribution in [0.3, 0.4) is 0 Å². The second-order valence-electron chi connectivity index (χ2n) is 13.7. The second kappa shape index (κ2) is 27.5. The highest BCUT2D eigenvalue weighted by atomic mass is 16.3. The third-order valence-electron chi connectivity index (χ3n) is 8.10. The van der Waals surface area contributed by atoms with Crippen LogP contribution in [-0.4, -0.2) is 11.7 Å². The van der Waals surface area contributed by atoms with Crippen LogP contribution >= 0.6 is 0 Å². The molecular weight excluding hydrogens is 448 g/mol. The molecule has 0 aliphatic heterocycles. The molecule has 1 aliphatic rings. The highest BCUT2D eigenvalue weighted by Crippen LogP contribution is 2.57. The number of hydrogen-bond acceptors (Lipinski definition) is 1. The minimum atomic E-state index is 0. The van der Waals surface area contributed by atoms with Crippen molar-refractivity contribution in [2.75, 3.05) is 6.61 Å². The third-order valence-corrected chi connectivity index (χ3v) is 8.10. The van der Waals surface area contributed by atoms with Gasteiger partial charge in [0, 0.05) is 6.61 Å². The van der Waals surface area contributed by atoms with Crippen LogP contribution in [0.1, 0.15) is 167 Å². The van der Waals surface area contributed by atoms with Crippen molar-refractivity contribution < 1.29 is 5.11 Å². The number of rotatable bonds is 9. The van der Waals surface area contributed by atoms with Crippen LogP contribution in [0.4, 0.5) is 0 Å². The van der Waals surface area contributed by atoms with Crippen LogP contribution in [0.2, 0.25) is 0 Å². The molecule has 236 valence electrons. The monoisotopic (exact) mass is 535 g/mol. The molecule has 0 bridgehead atoms. The molecule has 1 heteroatoms. The van der Waals surface area contributed by atoms with E-state index in [2.05, 4.69) is 118 Å². The summed E-state index contributed by atoms with van der Waals surface area (Å²) in [7, 11) is 0. The van der Waals surface area contributed by atoms with Gasteiger partial charge in [0.2, 0.25) is 0 Å². The van der Waals surface area contributed by atoms with Crippen molar-refractivity contribution in [1.82, 2.24) is 0 Å². The van der Waals surface area contributed by atoms with Gasteiger partial charge in [0.05, 0.1) is 0 Å². The van der Waals surface area contributed by atoms with Gasteiger partial charge in [-0.15, -0.1) is 0 Å². The summed E-state index contributed by atoms with van der Waals surface area (Å²) in [6, 6.07) is 0. The number of hydrogen-bond donors (Lipinski definition) is 1. The Balaban J connectivity index is -0.0000000629. The van der Waals surface area contributed by atoms with E-state index in [0.29, 0.717) is 24.4 Å². The smallest absolute Gasteiger partial charge is 0.0464 e. The van der Waals surface area contributed by atoms with Crippen molar-refractivity contribution in [3.8, 4) is 0 Å². The molecular formula is C36H86O. The van der Waals surface area contributed by atoms with Crippen molar-refractivity contribution in [2.45, 2.75) is 167 Å². The van der Waals surface area contributed by atoms with Gasteiger partial charge >= 0.3 is 0 Å². The van der Waals surface area contributed by atoms with Crippen LogP contribution in [0.15, 0.2) is 0 Å². The van der Waals surface area contributed by atoms with E-state index in [1.807, 2.05) is 0 Å². The van der Waals surface area contributed by atoms with Crippen molar-refractivity contribution in [2.24, 2.45) is 64.6 Å². The van der Waals surface area contributed by atoms with E-state index in [1.165, 1.54) is 19.3 Å². The lowest BCUT2D eigenvalue weighted by Crippen LogP contribution is -2.19. The largest absolute Gasteiger partial charge is 0.396 e. The Hall–Kier alpha value is -0.0400. The van der Waals surface area contributed by atoms with E-state index < -0.39 is 0 Å². The lowest BCUT2D eigenvalue weighted by Gasteiger charge is -2.23. The minimum absolute atomic E-state index is 0. The van der Waals surface area contributed by atoms with Crippen LogP contribution in [0, 0.1) is 64.6 Å². The van der Waals surface area contributed by atoms with Gasteiger partial charge in [0.1, 0.15) is 0 Å². The maximum Gasteiger partial charge on any atom is 0.0464 e. The predicted molar refractivity (Wildman–Crippen MR) is 182 cm³/mol. The molecule has 0 amide bonds. The van der Waals surface area contributed by atoms with Crippen LogP contribution in [0.5, 0.6) is 0 Å². The van der Waals surface area contributed by atoms with E-state index in [9.17, 15) is 0 Å². The van der Waals surface area contributed by atoms with Gasteiger partial charge < -0.3 is 5.11 Å². The molecule has 0 aromatic carbocycles. The van der Waals surface area contributed by atoms with E-state index in [0.717, 1.165) is 46.8 Å². The molecule has 0 unspecified atom stereocenters. The average molecular weight is 535 g/mol. The maximum absolute atomic E-state index is 8.87. The summed E-state index contributed by atoms with van der Waals surface area (Å²) >= 11 is 0. The summed E-state index contributed by atoms with van der Waals surface area (Å²) in [5, 5.41) is 8.87. The Morgan fingerprint density at radius 1 is 0.486 bits per heavy atom. The van der Waals surface area contributed by atoms with Crippen LogP contribution in [-0.2, 0) is 0 Å². The van der Waals surface area contributed by atoms with Crippen molar-refractivity contribution in [3.63, 3.8) is 0 Å². The molecule has 0 aromatic rings. The molecule has 0 radical (unpaired) electrons. The topological polar surface area (TPSA) is 20.2 Å². The molecule has 0 atom stereocenters. The Kier molecular flexibility index (Phi) is 39.6. The highest BCUT2D eigenvalue weighted by Gasteiger charge is 2.47. The van der Waals surface area contributed by atoms with Crippen LogP contribution < -0.4 is 0 Å². The Labute approximate surface area is 242 Å². The van der Waals surface area contributed by atoms with Gasteiger partial charge in [0.15, 0.2) is 0 Å². The molecule has 37 heavy (non-hydrogen) atoms. The molecule has 0 heterocycles. The average Bonchev–Trinajstić information content (AvgIpc) is 3.43. The quantitative estimate of drug-likeness (QED) is 0.312. The maximum atomic E-state index is 8.87. The Bertz CT molecular complexity index is 378. The molecule has 1 nitrogen and oxygen atoms in total. The summed E-state index contributed by atoms with van der Waals surface area (Å²) in [6.45, 7) is 38.9. The van der Waals surface area contributed by atoms with E-state index in [-0.39, 0.29) is 29.7 Å². The lowest BCUT2D eigenvalue weighted by molar-refractivity contribution is 0.150. The fourth-order valence-corrected chi connectivity index (χ4v) is 4.87. The van der Waals surface area contributed by atoms with Gasteiger partial charge in [0.25, 0.3) is 0 Å². The second-order valence-corrected chi connectivity index (χ2v) is 13.7. The zero-order valence-corrected chi connectivity index (χ0v) is 26.5. The van der Waals surface area contributed by atoms with Crippen molar-refractivity contribution in [3.05, 3.63) is 0 Å². The molecule has 1 fully saturated rings.